The number of benzene rings is 2. The van der Waals surface area contributed by atoms with Crippen molar-refractivity contribution in [1.29, 1.82) is 0 Å². The Balaban J connectivity index is 1.28. The van der Waals surface area contributed by atoms with E-state index in [4.69, 9.17) is 4.74 Å². The van der Waals surface area contributed by atoms with Crippen molar-refractivity contribution >= 4 is 29.8 Å². The fourth-order valence-corrected chi connectivity index (χ4v) is 3.29. The number of rotatable bonds is 5. The zero-order valence-electron chi connectivity index (χ0n) is 13.3. The minimum atomic E-state index is -0.148. The number of quaternary nitrogens is 1. The molecule has 1 aliphatic heterocycles. The Morgan fingerprint density at radius 3 is 2.92 bits per heavy atom. The minimum absolute atomic E-state index is 0.134. The number of aliphatic imine (C=N–C) groups is 1. The van der Waals surface area contributed by atoms with E-state index >= 15 is 0 Å². The molecule has 0 saturated heterocycles. The van der Waals surface area contributed by atoms with Crippen LogP contribution in [0.5, 0.6) is 0 Å². The molecule has 4 heteroatoms. The lowest BCUT2D eigenvalue weighted by atomic mass is 9.98. The summed E-state index contributed by atoms with van der Waals surface area (Å²) >= 11 is 0. The molecule has 0 saturated carbocycles. The average molecular weight is 319 g/mol. The molecule has 0 radical (unpaired) electrons. The van der Waals surface area contributed by atoms with Gasteiger partial charge in [-0.05, 0) is 17.2 Å². The molecular weight excluding hydrogens is 300 g/mol. The van der Waals surface area contributed by atoms with Gasteiger partial charge in [0.15, 0.2) is 12.0 Å². The van der Waals surface area contributed by atoms with E-state index in [0.29, 0.717) is 19.6 Å². The lowest BCUT2D eigenvalue weighted by Gasteiger charge is -2.12. The van der Waals surface area contributed by atoms with Crippen molar-refractivity contribution in [3.05, 3.63) is 65.7 Å². The van der Waals surface area contributed by atoms with E-state index in [0.717, 1.165) is 16.3 Å². The normalized spacial score (nSPS) is 20.0. The van der Waals surface area contributed by atoms with E-state index in [-0.39, 0.29) is 11.9 Å². The maximum absolute atomic E-state index is 12.1. The second-order valence-corrected chi connectivity index (χ2v) is 6.07. The van der Waals surface area contributed by atoms with Crippen LogP contribution in [-0.4, -0.2) is 25.5 Å². The highest BCUT2D eigenvalue weighted by molar-refractivity contribution is 5.74. The summed E-state index contributed by atoms with van der Waals surface area (Å²) < 4.78 is 5.44. The average Bonchev–Trinajstić information content (AvgIpc) is 3.20. The highest BCUT2D eigenvalue weighted by atomic mass is 16.5. The number of allylic oxidation sites excluding steroid dienone is 1. The van der Waals surface area contributed by atoms with Gasteiger partial charge in [-0.3, -0.25) is 9.69 Å². The molecule has 4 nitrogen and oxygen atoms in total. The molecule has 4 rings (SSSR count). The van der Waals surface area contributed by atoms with Crippen molar-refractivity contribution in [3.8, 4) is 0 Å². The number of ether oxygens (including phenoxy) is 1. The second kappa shape index (κ2) is 6.42. The van der Waals surface area contributed by atoms with Gasteiger partial charge in [0.25, 0.3) is 0 Å². The summed E-state index contributed by atoms with van der Waals surface area (Å²) in [5.74, 6) is -0.0136. The van der Waals surface area contributed by atoms with Gasteiger partial charge in [-0.15, -0.1) is 0 Å². The summed E-state index contributed by atoms with van der Waals surface area (Å²) in [5.41, 5.74) is 4.54. The topological polar surface area (TPSA) is 43.1 Å². The van der Waals surface area contributed by atoms with E-state index in [2.05, 4.69) is 35.3 Å². The zero-order chi connectivity index (χ0) is 16.4. The SMILES string of the molecule is O=C(CC1C=Cc2ccccc21)OCC[NH+]1C=Nc2ccccc21. The molecule has 1 N–H and O–H groups in total. The number of nitrogens with one attached hydrogen (secondary N) is 1. The fraction of sp³-hybridized carbons (Fsp3) is 0.200. The van der Waals surface area contributed by atoms with Crippen molar-refractivity contribution in [1.82, 2.24) is 0 Å². The lowest BCUT2D eigenvalue weighted by molar-refractivity contribution is -0.720. The number of fused-ring (bicyclic) bond motifs is 2. The smallest absolute Gasteiger partial charge is 0.306 e. The summed E-state index contributed by atoms with van der Waals surface area (Å²) in [6.07, 6.45) is 6.43. The first-order valence-corrected chi connectivity index (χ1v) is 8.23. The van der Waals surface area contributed by atoms with Crippen LogP contribution in [0, 0.1) is 0 Å². The summed E-state index contributed by atoms with van der Waals surface area (Å²) in [7, 11) is 0. The third kappa shape index (κ3) is 2.88. The van der Waals surface area contributed by atoms with E-state index in [1.807, 2.05) is 36.7 Å². The summed E-state index contributed by atoms with van der Waals surface area (Å²) in [6.45, 7) is 1.09. The van der Waals surface area contributed by atoms with E-state index in [1.165, 1.54) is 11.1 Å². The van der Waals surface area contributed by atoms with Gasteiger partial charge in [-0.25, -0.2) is 0 Å². The molecule has 2 aromatic carbocycles. The number of esters is 1. The molecule has 24 heavy (non-hydrogen) atoms. The van der Waals surface area contributed by atoms with Gasteiger partial charge in [-0.2, -0.15) is 4.99 Å². The van der Waals surface area contributed by atoms with Crippen LogP contribution in [0.4, 0.5) is 11.4 Å². The number of hydrogen-bond acceptors (Lipinski definition) is 3. The van der Waals surface area contributed by atoms with E-state index in [1.54, 1.807) is 0 Å². The molecule has 0 aromatic heterocycles. The maximum Gasteiger partial charge on any atom is 0.306 e. The number of hydrogen-bond donors (Lipinski definition) is 1. The van der Waals surface area contributed by atoms with Crippen LogP contribution in [0.25, 0.3) is 6.08 Å². The molecule has 0 fully saturated rings. The first kappa shape index (κ1) is 14.8. The third-order valence-electron chi connectivity index (χ3n) is 4.53. The molecule has 2 unspecified atom stereocenters. The van der Waals surface area contributed by atoms with Crippen LogP contribution >= 0.6 is 0 Å². The highest BCUT2D eigenvalue weighted by Crippen LogP contribution is 2.32. The zero-order valence-corrected chi connectivity index (χ0v) is 13.3. The van der Waals surface area contributed by atoms with Crippen LogP contribution in [0.1, 0.15) is 23.5 Å². The predicted molar refractivity (Wildman–Crippen MR) is 93.9 cm³/mol. The highest BCUT2D eigenvalue weighted by Gasteiger charge is 2.22. The first-order valence-electron chi connectivity index (χ1n) is 8.23. The van der Waals surface area contributed by atoms with Crippen LogP contribution < -0.4 is 4.90 Å². The van der Waals surface area contributed by atoms with Crippen molar-refractivity contribution < 1.29 is 14.4 Å². The van der Waals surface area contributed by atoms with Crippen LogP contribution in [0.2, 0.25) is 0 Å². The van der Waals surface area contributed by atoms with Gasteiger partial charge in [0, 0.05) is 12.0 Å². The molecule has 0 spiro atoms. The predicted octanol–water partition coefficient (Wildman–Crippen LogP) is 2.62. The molecule has 0 amide bonds. The molecule has 1 heterocycles. The molecule has 2 atom stereocenters. The Labute approximate surface area is 141 Å². The van der Waals surface area contributed by atoms with Crippen molar-refractivity contribution in [2.75, 3.05) is 13.2 Å². The summed E-state index contributed by atoms with van der Waals surface area (Å²) in [4.78, 5) is 17.6. The number of nitrogens with zero attached hydrogens (tertiary/aromatic N) is 1. The maximum atomic E-state index is 12.1. The van der Waals surface area contributed by atoms with Gasteiger partial charge >= 0.3 is 5.97 Å². The Morgan fingerprint density at radius 2 is 1.96 bits per heavy atom. The van der Waals surface area contributed by atoms with Gasteiger partial charge in [-0.1, -0.05) is 48.6 Å². The van der Waals surface area contributed by atoms with Gasteiger partial charge in [0.2, 0.25) is 0 Å². The molecular formula is C20H19N2O2+. The van der Waals surface area contributed by atoms with Gasteiger partial charge < -0.3 is 4.74 Å². The molecule has 2 aromatic rings. The second-order valence-electron chi connectivity index (χ2n) is 6.07. The fourth-order valence-electron chi connectivity index (χ4n) is 3.29. The summed E-state index contributed by atoms with van der Waals surface area (Å²) in [6, 6.07) is 16.2. The van der Waals surface area contributed by atoms with Crippen molar-refractivity contribution in [2.45, 2.75) is 12.3 Å². The monoisotopic (exact) mass is 319 g/mol. The van der Waals surface area contributed by atoms with Crippen molar-refractivity contribution in [2.24, 2.45) is 4.99 Å². The largest absolute Gasteiger partial charge is 0.460 e. The Kier molecular flexibility index (Phi) is 3.97. The van der Waals surface area contributed by atoms with Crippen LogP contribution in [0.3, 0.4) is 0 Å². The number of carbonyl (C=O) groups is 1. The minimum Gasteiger partial charge on any atom is -0.460 e. The van der Waals surface area contributed by atoms with Crippen LogP contribution in [-0.2, 0) is 9.53 Å². The Hall–Kier alpha value is -2.72. The Morgan fingerprint density at radius 1 is 1.12 bits per heavy atom. The van der Waals surface area contributed by atoms with E-state index < -0.39 is 0 Å². The summed E-state index contributed by atoms with van der Waals surface area (Å²) in [5, 5.41) is 0. The number of para-hydroxylation sites is 2. The Bertz CT molecular complexity index is 826. The third-order valence-corrected chi connectivity index (χ3v) is 4.53. The van der Waals surface area contributed by atoms with Crippen LogP contribution in [0.15, 0.2) is 59.6 Å². The molecule has 2 aliphatic rings. The molecule has 0 bridgehead atoms. The number of carbonyl (C=O) groups excluding carboxylic acids is 1. The molecule has 120 valence electrons. The van der Waals surface area contributed by atoms with E-state index in [9.17, 15) is 4.79 Å². The quantitative estimate of drug-likeness (QED) is 0.861. The standard InChI is InChI=1S/C20H18N2O2/c23-20(13-16-10-9-15-5-1-2-6-17(15)16)24-12-11-22-14-21-18-7-3-4-8-19(18)22/h1-10,14,16H,11-13H2/p+1. The van der Waals surface area contributed by atoms with Gasteiger partial charge in [0.1, 0.15) is 18.8 Å². The molecule has 1 aliphatic carbocycles. The van der Waals surface area contributed by atoms with Crippen molar-refractivity contribution in [3.63, 3.8) is 0 Å². The first-order chi connectivity index (χ1) is 11.8. The lowest BCUT2D eigenvalue weighted by Crippen LogP contribution is -3.05. The van der Waals surface area contributed by atoms with Gasteiger partial charge in [0.05, 0.1) is 6.42 Å².